The molecule has 0 spiro atoms. The summed E-state index contributed by atoms with van der Waals surface area (Å²) in [7, 11) is 1.57. The number of piperidine rings is 1. The van der Waals surface area contributed by atoms with Gasteiger partial charge in [-0.25, -0.2) is 9.07 Å². The number of methoxy groups -OCH3 is 1. The first-order valence-corrected chi connectivity index (χ1v) is 11.3. The molecular formula is C23H28ClFN6O2. The topological polar surface area (TPSA) is 77.3 Å². The summed E-state index contributed by atoms with van der Waals surface area (Å²) in [6, 6.07) is 6.77. The molecular weight excluding hydrogens is 447 g/mol. The van der Waals surface area contributed by atoms with E-state index in [0.29, 0.717) is 24.4 Å². The molecule has 0 aliphatic carbocycles. The Balaban J connectivity index is 0.00000228. The lowest BCUT2D eigenvalue weighted by Crippen LogP contribution is -2.37. The van der Waals surface area contributed by atoms with Crippen LogP contribution in [0.1, 0.15) is 29.9 Å². The van der Waals surface area contributed by atoms with E-state index in [1.807, 2.05) is 16.9 Å². The molecule has 5 heterocycles. The maximum atomic E-state index is 14.7. The fraction of sp³-hybridized carbons (Fsp3) is 0.522. The van der Waals surface area contributed by atoms with Crippen LogP contribution in [-0.4, -0.2) is 71.4 Å². The fourth-order valence-corrected chi connectivity index (χ4v) is 5.39. The molecule has 4 atom stereocenters. The number of nitrogens with zero attached hydrogens (tertiary/aromatic N) is 5. The van der Waals surface area contributed by atoms with Crippen molar-refractivity contribution in [3.63, 3.8) is 0 Å². The van der Waals surface area contributed by atoms with Gasteiger partial charge in [-0.3, -0.25) is 0 Å². The molecule has 176 valence electrons. The molecule has 3 saturated heterocycles. The highest BCUT2D eigenvalue weighted by molar-refractivity contribution is 5.85. The van der Waals surface area contributed by atoms with Gasteiger partial charge in [0.05, 0.1) is 37.6 Å². The van der Waals surface area contributed by atoms with Crippen molar-refractivity contribution in [3.8, 4) is 11.8 Å². The minimum atomic E-state index is -0.894. The SMILES string of the molecule is COc1nc(N2C[C@@H]3C[C@H]2CO3)cc(-n2ncc3cc(C)c([C@H]4CCNC[C@H]4F)cc32)n1.Cl. The molecule has 2 bridgehead atoms. The Morgan fingerprint density at radius 3 is 2.79 bits per heavy atom. The van der Waals surface area contributed by atoms with E-state index in [1.54, 1.807) is 7.11 Å². The van der Waals surface area contributed by atoms with E-state index in [9.17, 15) is 4.39 Å². The first-order valence-electron chi connectivity index (χ1n) is 11.3. The molecule has 0 amide bonds. The van der Waals surface area contributed by atoms with Crippen molar-refractivity contribution in [2.45, 2.75) is 44.0 Å². The Bertz CT molecular complexity index is 1170. The Morgan fingerprint density at radius 2 is 2.06 bits per heavy atom. The highest BCUT2D eigenvalue weighted by atomic mass is 35.5. The fourth-order valence-electron chi connectivity index (χ4n) is 5.39. The first kappa shape index (κ1) is 22.3. The van der Waals surface area contributed by atoms with Crippen LogP contribution < -0.4 is 15.0 Å². The molecule has 6 rings (SSSR count). The number of anilines is 1. The highest BCUT2D eigenvalue weighted by Gasteiger charge is 2.40. The molecule has 0 saturated carbocycles. The summed E-state index contributed by atoms with van der Waals surface area (Å²) >= 11 is 0. The van der Waals surface area contributed by atoms with Crippen LogP contribution in [0.15, 0.2) is 24.4 Å². The zero-order valence-electron chi connectivity index (χ0n) is 18.7. The molecule has 10 heteroatoms. The molecule has 33 heavy (non-hydrogen) atoms. The second-order valence-corrected chi connectivity index (χ2v) is 9.01. The monoisotopic (exact) mass is 474 g/mol. The quantitative estimate of drug-likeness (QED) is 0.623. The number of aryl methyl sites for hydroxylation is 1. The first-order chi connectivity index (χ1) is 15.6. The second kappa shape index (κ2) is 8.70. The lowest BCUT2D eigenvalue weighted by atomic mass is 9.85. The summed E-state index contributed by atoms with van der Waals surface area (Å²) < 4.78 is 27.7. The number of alkyl halides is 1. The van der Waals surface area contributed by atoms with E-state index >= 15 is 0 Å². The van der Waals surface area contributed by atoms with Gasteiger partial charge in [0.25, 0.3) is 0 Å². The predicted molar refractivity (Wildman–Crippen MR) is 126 cm³/mol. The van der Waals surface area contributed by atoms with Crippen LogP contribution in [0.25, 0.3) is 16.7 Å². The van der Waals surface area contributed by atoms with Gasteiger partial charge in [0.15, 0.2) is 5.82 Å². The van der Waals surface area contributed by atoms with Crippen molar-refractivity contribution >= 4 is 29.1 Å². The second-order valence-electron chi connectivity index (χ2n) is 9.01. The molecule has 3 aliphatic heterocycles. The smallest absolute Gasteiger partial charge is 0.320 e. The molecule has 2 aromatic heterocycles. The Hall–Kier alpha value is -2.49. The van der Waals surface area contributed by atoms with Gasteiger partial charge in [-0.05, 0) is 49.6 Å². The largest absolute Gasteiger partial charge is 0.467 e. The number of benzene rings is 1. The van der Waals surface area contributed by atoms with Crippen LogP contribution >= 0.6 is 12.4 Å². The third kappa shape index (κ3) is 3.82. The van der Waals surface area contributed by atoms with Gasteiger partial charge in [-0.15, -0.1) is 12.4 Å². The van der Waals surface area contributed by atoms with E-state index in [4.69, 9.17) is 9.47 Å². The van der Waals surface area contributed by atoms with Gasteiger partial charge in [0, 0.05) is 30.5 Å². The summed E-state index contributed by atoms with van der Waals surface area (Å²) in [4.78, 5) is 11.4. The maximum absolute atomic E-state index is 14.7. The summed E-state index contributed by atoms with van der Waals surface area (Å²) in [5.74, 6) is 1.35. The minimum absolute atomic E-state index is 0. The zero-order chi connectivity index (χ0) is 21.8. The predicted octanol–water partition coefficient (Wildman–Crippen LogP) is 2.95. The average molecular weight is 475 g/mol. The third-order valence-electron chi connectivity index (χ3n) is 7.04. The molecule has 3 fully saturated rings. The van der Waals surface area contributed by atoms with Crippen LogP contribution in [0.2, 0.25) is 0 Å². The molecule has 3 aliphatic rings. The summed E-state index contributed by atoms with van der Waals surface area (Å²) in [6.45, 7) is 4.82. The molecule has 0 radical (unpaired) electrons. The number of rotatable bonds is 4. The van der Waals surface area contributed by atoms with Gasteiger partial charge in [-0.2, -0.15) is 15.1 Å². The molecule has 1 N–H and O–H groups in total. The number of fused-ring (bicyclic) bond motifs is 3. The van der Waals surface area contributed by atoms with Crippen LogP contribution in [0.4, 0.5) is 10.2 Å². The third-order valence-corrected chi connectivity index (χ3v) is 7.04. The number of morpholine rings is 1. The van der Waals surface area contributed by atoms with E-state index in [0.717, 1.165) is 60.4 Å². The molecule has 1 aromatic carbocycles. The average Bonchev–Trinajstić information content (AvgIpc) is 3.54. The summed E-state index contributed by atoms with van der Waals surface area (Å²) in [5, 5.41) is 8.77. The van der Waals surface area contributed by atoms with Crippen molar-refractivity contribution < 1.29 is 13.9 Å². The van der Waals surface area contributed by atoms with Gasteiger partial charge in [0.1, 0.15) is 12.0 Å². The summed E-state index contributed by atoms with van der Waals surface area (Å²) in [5.41, 5.74) is 3.05. The van der Waals surface area contributed by atoms with E-state index in [-0.39, 0.29) is 24.4 Å². The van der Waals surface area contributed by atoms with Crippen molar-refractivity contribution in [2.75, 3.05) is 38.3 Å². The number of nitrogens with one attached hydrogen (secondary N) is 1. The highest BCUT2D eigenvalue weighted by Crippen LogP contribution is 2.35. The van der Waals surface area contributed by atoms with E-state index in [2.05, 4.69) is 44.3 Å². The van der Waals surface area contributed by atoms with Crippen LogP contribution in [-0.2, 0) is 4.74 Å². The Kier molecular flexibility index (Phi) is 5.88. The lowest BCUT2D eigenvalue weighted by Gasteiger charge is -2.28. The van der Waals surface area contributed by atoms with Crippen molar-refractivity contribution in [2.24, 2.45) is 0 Å². The zero-order valence-corrected chi connectivity index (χ0v) is 19.5. The maximum Gasteiger partial charge on any atom is 0.320 e. The van der Waals surface area contributed by atoms with Crippen molar-refractivity contribution in [1.82, 2.24) is 25.1 Å². The van der Waals surface area contributed by atoms with Gasteiger partial charge >= 0.3 is 6.01 Å². The van der Waals surface area contributed by atoms with Crippen LogP contribution in [0.3, 0.4) is 0 Å². The lowest BCUT2D eigenvalue weighted by molar-refractivity contribution is 0.0988. The normalized spacial score (nSPS) is 26.6. The van der Waals surface area contributed by atoms with Crippen molar-refractivity contribution in [3.05, 3.63) is 35.5 Å². The number of hydrogen-bond acceptors (Lipinski definition) is 7. The Labute approximate surface area is 197 Å². The van der Waals surface area contributed by atoms with E-state index in [1.165, 1.54) is 0 Å². The van der Waals surface area contributed by atoms with Gasteiger partial charge in [-0.1, -0.05) is 0 Å². The minimum Gasteiger partial charge on any atom is -0.467 e. The molecule has 8 nitrogen and oxygen atoms in total. The number of ether oxygens (including phenoxy) is 2. The molecule has 0 unspecified atom stereocenters. The number of aromatic nitrogens is 4. The van der Waals surface area contributed by atoms with Crippen LogP contribution in [0.5, 0.6) is 6.01 Å². The van der Waals surface area contributed by atoms with Gasteiger partial charge in [0.2, 0.25) is 0 Å². The number of halogens is 2. The van der Waals surface area contributed by atoms with Crippen LogP contribution in [0, 0.1) is 6.92 Å². The van der Waals surface area contributed by atoms with E-state index < -0.39 is 6.17 Å². The van der Waals surface area contributed by atoms with Gasteiger partial charge < -0.3 is 19.7 Å². The summed E-state index contributed by atoms with van der Waals surface area (Å²) in [6.07, 6.45) is 3.01. The molecule has 3 aromatic rings. The standard InChI is InChI=1S/C23H27FN6O2.ClH/c1-13-5-14-9-26-30(20(14)7-18(13)17-3-4-25-10-19(17)24)22-8-21(27-23(28-22)31-2)29-11-16-6-15(29)12-32-16;/h5,7-9,15-17,19,25H,3-4,6,10-12H2,1-2H3;1H/t15-,16-,17+,19+;/m0./s1. The Morgan fingerprint density at radius 1 is 1.21 bits per heavy atom. The number of hydrogen-bond donors (Lipinski definition) is 1. The van der Waals surface area contributed by atoms with Crippen molar-refractivity contribution in [1.29, 1.82) is 0 Å².